The number of aliphatic hydroxyl groups is 1. The normalized spacial score (nSPS) is 34.0. The van der Waals surface area contributed by atoms with E-state index in [1.807, 2.05) is 0 Å². The number of hydrogen-bond acceptors (Lipinski definition) is 3. The molecule has 4 fully saturated rings. The molecule has 0 amide bonds. The average molecular weight is 643 g/mol. The van der Waals surface area contributed by atoms with Crippen molar-refractivity contribution in [1.29, 1.82) is 0 Å². The summed E-state index contributed by atoms with van der Waals surface area (Å²) in [5.41, 5.74) is 4.59. The highest BCUT2D eigenvalue weighted by Gasteiger charge is 2.51. The number of fused-ring (bicyclic) bond motifs is 1. The van der Waals surface area contributed by atoms with Crippen molar-refractivity contribution < 1.29 is 14.0 Å². The molecule has 4 aliphatic rings. The van der Waals surface area contributed by atoms with Gasteiger partial charge in [0.25, 0.3) is 0 Å². The Kier molecular flexibility index (Phi) is 10.9. The molecule has 4 saturated carbocycles. The van der Waals surface area contributed by atoms with E-state index in [1.54, 1.807) is 5.57 Å². The molecule has 4 aliphatic carbocycles. The zero-order valence-corrected chi connectivity index (χ0v) is 32.9. The fourth-order valence-corrected chi connectivity index (χ4v) is 11.0. The first-order chi connectivity index (χ1) is 20.2. The molecule has 4 rings (SSSR count). The molecule has 1 N–H and O–H groups in total. The van der Waals surface area contributed by atoms with E-state index in [2.05, 4.69) is 100 Å². The van der Waals surface area contributed by atoms with Crippen LogP contribution in [0.3, 0.4) is 0 Å². The van der Waals surface area contributed by atoms with E-state index >= 15 is 0 Å². The van der Waals surface area contributed by atoms with Gasteiger partial charge in [-0.05, 0) is 141 Å². The van der Waals surface area contributed by atoms with Gasteiger partial charge in [0.1, 0.15) is 0 Å². The van der Waals surface area contributed by atoms with E-state index in [-0.39, 0.29) is 28.4 Å². The van der Waals surface area contributed by atoms with Crippen LogP contribution in [0.2, 0.25) is 36.3 Å². The van der Waals surface area contributed by atoms with Crippen LogP contribution < -0.4 is 0 Å². The summed E-state index contributed by atoms with van der Waals surface area (Å²) in [7, 11) is -3.89. The molecule has 0 aromatic rings. The van der Waals surface area contributed by atoms with Crippen LogP contribution in [0.15, 0.2) is 35.5 Å². The summed E-state index contributed by atoms with van der Waals surface area (Å²) in [6, 6.07) is 0. The molecule has 1 unspecified atom stereocenters. The summed E-state index contributed by atoms with van der Waals surface area (Å²) in [6.07, 6.45) is 18.2. The molecule has 0 heterocycles. The van der Waals surface area contributed by atoms with Crippen LogP contribution in [-0.2, 0) is 8.85 Å². The zero-order chi connectivity index (χ0) is 32.9. The number of allylic oxidation sites excluding steroid dienone is 3. The molecule has 7 atom stereocenters. The Hall–Kier alpha value is -0.466. The van der Waals surface area contributed by atoms with Crippen LogP contribution in [0.1, 0.15) is 126 Å². The van der Waals surface area contributed by atoms with Gasteiger partial charge in [0.2, 0.25) is 0 Å². The highest BCUT2D eigenvalue weighted by atomic mass is 28.4. The summed E-state index contributed by atoms with van der Waals surface area (Å²) in [5.74, 6) is 2.74. The lowest BCUT2D eigenvalue weighted by Crippen LogP contribution is -2.49. The van der Waals surface area contributed by atoms with Crippen LogP contribution in [0, 0.1) is 29.1 Å². The monoisotopic (exact) mass is 642 g/mol. The van der Waals surface area contributed by atoms with Gasteiger partial charge in [0.15, 0.2) is 16.6 Å². The van der Waals surface area contributed by atoms with E-state index in [1.165, 1.54) is 62.5 Å². The Balaban J connectivity index is 1.55. The Bertz CT molecular complexity index is 1090. The van der Waals surface area contributed by atoms with Crippen molar-refractivity contribution in [3.8, 4) is 0 Å². The number of aliphatic hydroxyl groups excluding tert-OH is 1. The van der Waals surface area contributed by atoms with Crippen molar-refractivity contribution >= 4 is 16.6 Å². The first-order valence-corrected chi connectivity index (χ1v) is 24.1. The molecular formula is C39H70O3Si2. The minimum Gasteiger partial charge on any atom is -0.413 e. The van der Waals surface area contributed by atoms with Crippen molar-refractivity contribution in [2.75, 3.05) is 0 Å². The van der Waals surface area contributed by atoms with Crippen LogP contribution in [-0.4, -0.2) is 40.1 Å². The summed E-state index contributed by atoms with van der Waals surface area (Å²) in [6.45, 7) is 33.3. The Morgan fingerprint density at radius 1 is 0.932 bits per heavy atom. The molecule has 5 heteroatoms. The third-order valence-corrected chi connectivity index (χ3v) is 22.6. The Labute approximate surface area is 275 Å². The van der Waals surface area contributed by atoms with Crippen LogP contribution in [0.5, 0.6) is 0 Å². The summed E-state index contributed by atoms with van der Waals surface area (Å²) < 4.78 is 14.2. The largest absolute Gasteiger partial charge is 0.413 e. The Morgan fingerprint density at radius 3 is 2.14 bits per heavy atom. The molecule has 0 bridgehead atoms. The van der Waals surface area contributed by atoms with Gasteiger partial charge >= 0.3 is 0 Å². The van der Waals surface area contributed by atoms with Gasteiger partial charge in [-0.15, -0.1) is 0 Å². The summed E-state index contributed by atoms with van der Waals surface area (Å²) >= 11 is 0. The number of rotatable bonds is 10. The van der Waals surface area contributed by atoms with Crippen molar-refractivity contribution in [1.82, 2.24) is 0 Å². The lowest BCUT2D eigenvalue weighted by molar-refractivity contribution is 0.0784. The molecule has 3 nitrogen and oxygen atoms in total. The van der Waals surface area contributed by atoms with Gasteiger partial charge in [-0.3, -0.25) is 0 Å². The number of hydrogen-bond donors (Lipinski definition) is 1. The van der Waals surface area contributed by atoms with E-state index in [0.29, 0.717) is 23.2 Å². The van der Waals surface area contributed by atoms with Crippen molar-refractivity contribution in [3.05, 3.63) is 35.5 Å². The van der Waals surface area contributed by atoms with Crippen molar-refractivity contribution in [2.45, 2.75) is 181 Å². The van der Waals surface area contributed by atoms with E-state index in [4.69, 9.17) is 8.85 Å². The molecule has 0 aromatic heterocycles. The fourth-order valence-electron chi connectivity index (χ4n) is 8.33. The third kappa shape index (κ3) is 7.97. The summed E-state index contributed by atoms with van der Waals surface area (Å²) in [5, 5.41) is 10.9. The molecule has 44 heavy (non-hydrogen) atoms. The highest BCUT2D eigenvalue weighted by Crippen LogP contribution is 2.60. The van der Waals surface area contributed by atoms with Gasteiger partial charge in [-0.2, -0.15) is 0 Å². The second-order valence-corrected chi connectivity index (χ2v) is 28.3. The SMILES string of the molecule is C=C1/C(=C/C=C2\CCC[C@]3(C)[C@@H]([C@H](C)CCC(O)C4CC4)CC[C@@H]23)C[C@@H](O[Si](C)(C)C(C)(C)C)C[C@@H]1O[Si](C)(C)C(C)(C)C. The molecule has 0 spiro atoms. The minimum atomic E-state index is -1.97. The van der Waals surface area contributed by atoms with Crippen LogP contribution >= 0.6 is 0 Å². The predicted molar refractivity (Wildman–Crippen MR) is 194 cm³/mol. The molecule has 0 aliphatic heterocycles. The smallest absolute Gasteiger partial charge is 0.192 e. The van der Waals surface area contributed by atoms with Crippen molar-refractivity contribution in [2.24, 2.45) is 29.1 Å². The first-order valence-electron chi connectivity index (χ1n) is 18.3. The van der Waals surface area contributed by atoms with Gasteiger partial charge in [-0.1, -0.05) is 79.7 Å². The third-order valence-electron chi connectivity index (χ3n) is 13.5. The van der Waals surface area contributed by atoms with E-state index in [0.717, 1.165) is 25.2 Å². The standard InChI is InChI=1S/C39H70O3Si2/c1-27(16-23-35(40)30-18-19-30)33-21-22-34-29(15-14-24-39(33,34)9)17-20-31-25-32(41-43(10,11)37(3,4)5)26-36(28(31)2)42-44(12,13)38(6,7)8/h17,20,27,30,32-36,40H,2,14-16,18-19,21-26H2,1,3-13H3/b29-17+,31-20+/t27-,32-,33-,34+,35?,36+,39-/m1/s1. The zero-order valence-electron chi connectivity index (χ0n) is 30.9. The maximum atomic E-state index is 10.5. The van der Waals surface area contributed by atoms with Gasteiger partial charge in [0.05, 0.1) is 18.3 Å². The second kappa shape index (κ2) is 13.2. The average Bonchev–Trinajstić information content (AvgIpc) is 3.68. The molecule has 0 aromatic carbocycles. The highest BCUT2D eigenvalue weighted by molar-refractivity contribution is 6.74. The minimum absolute atomic E-state index is 0.0309. The molecule has 0 saturated heterocycles. The first kappa shape index (κ1) is 36.4. The van der Waals surface area contributed by atoms with Gasteiger partial charge in [0, 0.05) is 6.42 Å². The maximum absolute atomic E-state index is 10.5. The predicted octanol–water partition coefficient (Wildman–Crippen LogP) is 11.4. The maximum Gasteiger partial charge on any atom is 0.192 e. The lowest BCUT2D eigenvalue weighted by atomic mass is 9.60. The van der Waals surface area contributed by atoms with Crippen LogP contribution in [0.4, 0.5) is 0 Å². The summed E-state index contributed by atoms with van der Waals surface area (Å²) in [4.78, 5) is 0. The van der Waals surface area contributed by atoms with Gasteiger partial charge in [-0.25, -0.2) is 0 Å². The molecular weight excluding hydrogens is 573 g/mol. The lowest BCUT2D eigenvalue weighted by Gasteiger charge is -2.46. The second-order valence-electron chi connectivity index (χ2n) is 18.8. The van der Waals surface area contributed by atoms with E-state index < -0.39 is 16.6 Å². The molecule has 252 valence electrons. The van der Waals surface area contributed by atoms with Crippen molar-refractivity contribution in [3.63, 3.8) is 0 Å². The van der Waals surface area contributed by atoms with Crippen LogP contribution in [0.25, 0.3) is 0 Å². The topological polar surface area (TPSA) is 38.7 Å². The van der Waals surface area contributed by atoms with Gasteiger partial charge < -0.3 is 14.0 Å². The Morgan fingerprint density at radius 2 is 1.55 bits per heavy atom. The fraction of sp³-hybridized carbons (Fsp3) is 0.846. The molecule has 0 radical (unpaired) electrons. The van der Waals surface area contributed by atoms with E-state index in [9.17, 15) is 5.11 Å². The quantitative estimate of drug-likeness (QED) is 0.241.